The molecule has 0 N–H and O–H groups in total. The van der Waals surface area contributed by atoms with Crippen LogP contribution in [0.3, 0.4) is 0 Å². The first-order valence-corrected chi connectivity index (χ1v) is 5.90. The molecular weight excluding hydrogens is 200 g/mol. The molecule has 2 unspecified atom stereocenters. The highest BCUT2D eigenvalue weighted by Crippen LogP contribution is 2.38. The van der Waals surface area contributed by atoms with Gasteiger partial charge in [-0.15, -0.1) is 0 Å². The van der Waals surface area contributed by atoms with Crippen LogP contribution in [0.5, 0.6) is 0 Å². The fraction of sp³-hybridized carbons (Fsp3) is 0.429. The molecule has 0 amide bonds. The van der Waals surface area contributed by atoms with Crippen molar-refractivity contribution < 1.29 is 8.83 Å². The minimum atomic E-state index is 0.491. The van der Waals surface area contributed by atoms with Crippen LogP contribution >= 0.6 is 0 Å². The minimum Gasteiger partial charge on any atom is -0.469 e. The molecule has 2 nitrogen and oxygen atoms in total. The van der Waals surface area contributed by atoms with Crippen molar-refractivity contribution in [1.29, 1.82) is 0 Å². The molecule has 0 bridgehead atoms. The summed E-state index contributed by atoms with van der Waals surface area (Å²) in [5.74, 6) is 3.23. The van der Waals surface area contributed by atoms with E-state index in [1.807, 2.05) is 0 Å². The van der Waals surface area contributed by atoms with Gasteiger partial charge in [-0.3, -0.25) is 0 Å². The van der Waals surface area contributed by atoms with Gasteiger partial charge in [0.2, 0.25) is 0 Å². The summed E-state index contributed by atoms with van der Waals surface area (Å²) >= 11 is 0. The normalized spacial score (nSPS) is 24.4. The predicted octanol–water partition coefficient (Wildman–Crippen LogP) is 3.88. The zero-order valence-corrected chi connectivity index (χ0v) is 9.69. The maximum absolute atomic E-state index is 5.56. The molecule has 2 heterocycles. The average molecular weight is 216 g/mol. The quantitative estimate of drug-likeness (QED) is 0.668. The van der Waals surface area contributed by atoms with Crippen molar-refractivity contribution >= 4 is 0 Å². The van der Waals surface area contributed by atoms with Crippen molar-refractivity contribution in [1.82, 2.24) is 0 Å². The highest BCUT2D eigenvalue weighted by molar-refractivity contribution is 5.33. The average Bonchev–Trinajstić information content (AvgIpc) is 2.91. The number of fused-ring (bicyclic) bond motifs is 2. The SMILES string of the molecule is CC1c2ccoc2CCc2occc2C1C. The van der Waals surface area contributed by atoms with E-state index in [0.717, 1.165) is 24.4 Å². The summed E-state index contributed by atoms with van der Waals surface area (Å²) in [5, 5.41) is 0. The van der Waals surface area contributed by atoms with Crippen LogP contribution in [0.25, 0.3) is 0 Å². The van der Waals surface area contributed by atoms with Crippen molar-refractivity contribution in [2.24, 2.45) is 0 Å². The van der Waals surface area contributed by atoms with E-state index in [1.165, 1.54) is 11.1 Å². The summed E-state index contributed by atoms with van der Waals surface area (Å²) in [6, 6.07) is 4.23. The van der Waals surface area contributed by atoms with Gasteiger partial charge in [-0.1, -0.05) is 13.8 Å². The molecule has 84 valence electrons. The van der Waals surface area contributed by atoms with Gasteiger partial charge in [0.15, 0.2) is 0 Å². The van der Waals surface area contributed by atoms with Crippen molar-refractivity contribution in [2.75, 3.05) is 0 Å². The second-order valence-electron chi connectivity index (χ2n) is 4.68. The number of hydrogen-bond acceptors (Lipinski definition) is 2. The van der Waals surface area contributed by atoms with Crippen molar-refractivity contribution in [2.45, 2.75) is 38.5 Å². The Labute approximate surface area is 95.3 Å². The molecule has 3 rings (SSSR count). The summed E-state index contributed by atoms with van der Waals surface area (Å²) in [4.78, 5) is 0. The number of rotatable bonds is 0. The standard InChI is InChI=1S/C14H16O2/c1-9-10(2)12-6-8-16-14(12)4-3-13-11(9)5-7-15-13/h5-10H,3-4H2,1-2H3. The van der Waals surface area contributed by atoms with Crippen LogP contribution in [0, 0.1) is 0 Å². The number of hydrogen-bond donors (Lipinski definition) is 0. The third-order valence-electron chi connectivity index (χ3n) is 3.87. The second kappa shape index (κ2) is 3.55. The van der Waals surface area contributed by atoms with Crippen LogP contribution in [0.2, 0.25) is 0 Å². The Hall–Kier alpha value is -1.44. The van der Waals surface area contributed by atoms with E-state index in [4.69, 9.17) is 8.83 Å². The summed E-state index contributed by atoms with van der Waals surface area (Å²) in [7, 11) is 0. The molecule has 0 fully saturated rings. The molecule has 2 aromatic heterocycles. The fourth-order valence-corrected chi connectivity index (χ4v) is 2.68. The van der Waals surface area contributed by atoms with Crippen LogP contribution in [0.1, 0.15) is 48.3 Å². The summed E-state index contributed by atoms with van der Waals surface area (Å²) < 4.78 is 11.1. The maximum atomic E-state index is 5.56. The van der Waals surface area contributed by atoms with Crippen molar-refractivity contribution in [3.63, 3.8) is 0 Å². The molecule has 0 aromatic carbocycles. The van der Waals surface area contributed by atoms with E-state index in [1.54, 1.807) is 12.5 Å². The van der Waals surface area contributed by atoms with Gasteiger partial charge in [0.05, 0.1) is 12.5 Å². The Balaban J connectivity index is 2.08. The first-order valence-electron chi connectivity index (χ1n) is 5.90. The maximum Gasteiger partial charge on any atom is 0.107 e. The third-order valence-corrected chi connectivity index (χ3v) is 3.87. The van der Waals surface area contributed by atoms with Gasteiger partial charge in [-0.05, 0) is 35.1 Å². The molecule has 0 saturated heterocycles. The Morgan fingerprint density at radius 3 is 1.75 bits per heavy atom. The Morgan fingerprint density at radius 1 is 0.875 bits per heavy atom. The van der Waals surface area contributed by atoms with Crippen LogP contribution in [0.4, 0.5) is 0 Å². The first-order chi connectivity index (χ1) is 7.77. The molecule has 16 heavy (non-hydrogen) atoms. The van der Waals surface area contributed by atoms with Gasteiger partial charge >= 0.3 is 0 Å². The van der Waals surface area contributed by atoms with Gasteiger partial charge in [0.1, 0.15) is 11.5 Å². The molecule has 1 aliphatic rings. The van der Waals surface area contributed by atoms with Gasteiger partial charge in [0.25, 0.3) is 0 Å². The lowest BCUT2D eigenvalue weighted by Gasteiger charge is -2.22. The minimum absolute atomic E-state index is 0.491. The zero-order chi connectivity index (χ0) is 11.1. The van der Waals surface area contributed by atoms with E-state index in [0.29, 0.717) is 11.8 Å². The molecule has 2 heteroatoms. The van der Waals surface area contributed by atoms with Gasteiger partial charge in [-0.25, -0.2) is 0 Å². The fourth-order valence-electron chi connectivity index (χ4n) is 2.68. The van der Waals surface area contributed by atoms with E-state index in [-0.39, 0.29) is 0 Å². The van der Waals surface area contributed by atoms with Crippen LogP contribution in [-0.4, -0.2) is 0 Å². The largest absolute Gasteiger partial charge is 0.469 e. The van der Waals surface area contributed by atoms with Crippen molar-refractivity contribution in [3.05, 3.63) is 47.3 Å². The Kier molecular flexibility index (Phi) is 2.16. The number of furan rings is 2. The lowest BCUT2D eigenvalue weighted by atomic mass is 9.81. The Morgan fingerprint density at radius 2 is 1.31 bits per heavy atom. The predicted molar refractivity (Wildman–Crippen MR) is 61.7 cm³/mol. The lowest BCUT2D eigenvalue weighted by Crippen LogP contribution is -2.11. The molecular formula is C14H16O2. The molecule has 0 radical (unpaired) electrons. The smallest absolute Gasteiger partial charge is 0.107 e. The zero-order valence-electron chi connectivity index (χ0n) is 9.69. The van der Waals surface area contributed by atoms with E-state index < -0.39 is 0 Å². The second-order valence-corrected chi connectivity index (χ2v) is 4.68. The summed E-state index contributed by atoms with van der Waals surface area (Å²) in [6.45, 7) is 4.53. The highest BCUT2D eigenvalue weighted by atomic mass is 16.3. The summed E-state index contributed by atoms with van der Waals surface area (Å²) in [5.41, 5.74) is 2.72. The van der Waals surface area contributed by atoms with Gasteiger partial charge < -0.3 is 8.83 Å². The molecule has 2 aromatic rings. The molecule has 1 aliphatic carbocycles. The number of aryl methyl sites for hydroxylation is 2. The first kappa shape index (κ1) is 9.76. The van der Waals surface area contributed by atoms with Crippen molar-refractivity contribution in [3.8, 4) is 0 Å². The Bertz CT molecular complexity index is 446. The summed E-state index contributed by atoms with van der Waals surface area (Å²) in [6.07, 6.45) is 5.50. The van der Waals surface area contributed by atoms with Gasteiger partial charge in [-0.2, -0.15) is 0 Å². The lowest BCUT2D eigenvalue weighted by molar-refractivity contribution is 0.449. The molecule has 0 saturated carbocycles. The monoisotopic (exact) mass is 216 g/mol. The van der Waals surface area contributed by atoms with Crippen LogP contribution in [0.15, 0.2) is 33.5 Å². The highest BCUT2D eigenvalue weighted by Gasteiger charge is 2.26. The molecule has 2 atom stereocenters. The van der Waals surface area contributed by atoms with E-state index in [2.05, 4.69) is 26.0 Å². The van der Waals surface area contributed by atoms with E-state index in [9.17, 15) is 0 Å². The van der Waals surface area contributed by atoms with E-state index >= 15 is 0 Å². The third kappa shape index (κ3) is 1.33. The topological polar surface area (TPSA) is 26.3 Å². The van der Waals surface area contributed by atoms with Crippen LogP contribution < -0.4 is 0 Å². The van der Waals surface area contributed by atoms with Crippen LogP contribution in [-0.2, 0) is 12.8 Å². The molecule has 0 spiro atoms. The molecule has 0 aliphatic heterocycles. The van der Waals surface area contributed by atoms with Gasteiger partial charge in [0, 0.05) is 12.8 Å².